The van der Waals surface area contributed by atoms with Crippen LogP contribution in [-0.4, -0.2) is 65.8 Å². The molecular weight excluding hydrogens is 316 g/mol. The molecule has 1 aromatic carbocycles. The molecule has 1 heterocycles. The van der Waals surface area contributed by atoms with E-state index in [0.717, 1.165) is 18.7 Å². The van der Waals surface area contributed by atoms with Crippen LogP contribution in [0.4, 0.5) is 0 Å². The summed E-state index contributed by atoms with van der Waals surface area (Å²) in [6.45, 7) is 7.36. The van der Waals surface area contributed by atoms with E-state index in [4.69, 9.17) is 8.58 Å². The normalized spacial score (nSPS) is 19.1. The van der Waals surface area contributed by atoms with Crippen LogP contribution in [-0.2, 0) is 23.4 Å². The fourth-order valence-electron chi connectivity index (χ4n) is 2.57. The number of carbonyl (C=O) groups excluding carboxylic acids is 1. The highest BCUT2D eigenvalue weighted by Crippen LogP contribution is 2.19. The van der Waals surface area contributed by atoms with Crippen LogP contribution in [0.3, 0.4) is 0 Å². The van der Waals surface area contributed by atoms with Gasteiger partial charge >= 0.3 is 16.0 Å². The molecule has 1 aliphatic heterocycles. The first kappa shape index (κ1) is 17.9. The second-order valence-electron chi connectivity index (χ2n) is 5.57. The van der Waals surface area contributed by atoms with Crippen LogP contribution >= 0.6 is 0 Å². The summed E-state index contributed by atoms with van der Waals surface area (Å²) < 4.78 is 25.5. The number of hydrogen-bond acceptors (Lipinski definition) is 4. The summed E-state index contributed by atoms with van der Waals surface area (Å²) in [4.78, 5) is 13.7. The average Bonchev–Trinajstić information content (AvgIpc) is 2.55. The van der Waals surface area contributed by atoms with Gasteiger partial charge in [0.1, 0.15) is 11.5 Å². The molecule has 1 saturated heterocycles. The number of rotatable bonds is 5. The highest BCUT2D eigenvalue weighted by atomic mass is 32.2. The molecule has 7 heteroatoms. The van der Waals surface area contributed by atoms with Crippen LogP contribution in [0.1, 0.15) is 12.5 Å². The molecule has 0 aliphatic carbocycles. The van der Waals surface area contributed by atoms with Gasteiger partial charge in [-0.2, -0.15) is 12.4 Å². The van der Waals surface area contributed by atoms with Gasteiger partial charge in [-0.1, -0.05) is 17.7 Å². The van der Waals surface area contributed by atoms with Crippen molar-refractivity contribution in [1.29, 1.82) is 0 Å². The minimum absolute atomic E-state index is 0.259. The molecule has 0 radical (unpaired) electrons. The van der Waals surface area contributed by atoms with Crippen LogP contribution in [0.5, 0.6) is 0 Å². The minimum atomic E-state index is -2.66. The van der Waals surface area contributed by atoms with Crippen LogP contribution in [0.25, 0.3) is 0 Å². The van der Waals surface area contributed by atoms with Crippen LogP contribution < -0.4 is 0 Å². The lowest BCUT2D eigenvalue weighted by atomic mass is 10.2. The van der Waals surface area contributed by atoms with Gasteiger partial charge in [0.2, 0.25) is 0 Å². The van der Waals surface area contributed by atoms with Crippen molar-refractivity contribution in [2.75, 3.05) is 46.4 Å². The molecule has 0 N–H and O–H groups in total. The molecule has 23 heavy (non-hydrogen) atoms. The Morgan fingerprint density at radius 1 is 1.22 bits per heavy atom. The summed E-state index contributed by atoms with van der Waals surface area (Å²) in [5.74, 6) is -0.259. The number of piperazine rings is 1. The first-order chi connectivity index (χ1) is 11.0. The quantitative estimate of drug-likeness (QED) is 0.597. The smallest absolute Gasteiger partial charge is 0.378 e. The summed E-state index contributed by atoms with van der Waals surface area (Å²) in [5.41, 5.74) is 1.13. The third kappa shape index (κ3) is 4.53. The summed E-state index contributed by atoms with van der Waals surface area (Å²) in [7, 11) is -1.16. The molecule has 0 bridgehead atoms. The fraction of sp³-hybridized carbons (Fsp3) is 0.562. The fourth-order valence-corrected chi connectivity index (χ4v) is 4.40. The summed E-state index contributed by atoms with van der Waals surface area (Å²) >= 11 is 0. The lowest BCUT2D eigenvalue weighted by Crippen LogP contribution is -2.49. The van der Waals surface area contributed by atoms with E-state index in [1.165, 1.54) is 14.0 Å². The number of benzene rings is 1. The van der Waals surface area contributed by atoms with E-state index in [-0.39, 0.29) is 5.97 Å². The van der Waals surface area contributed by atoms with Crippen molar-refractivity contribution in [3.05, 3.63) is 29.8 Å². The molecule has 1 aliphatic rings. The van der Waals surface area contributed by atoms with Crippen molar-refractivity contribution in [2.24, 2.45) is 0 Å². The Kier molecular flexibility index (Phi) is 6.15. The minimum Gasteiger partial charge on any atom is -0.465 e. The number of hydrogen-bond donors (Lipinski definition) is 0. The van der Waals surface area contributed by atoms with Gasteiger partial charge in [-0.25, -0.2) is 0 Å². The molecule has 1 unspecified atom stereocenters. The molecule has 0 saturated carbocycles. The van der Waals surface area contributed by atoms with Crippen molar-refractivity contribution in [1.82, 2.24) is 9.21 Å². The van der Waals surface area contributed by atoms with Crippen LogP contribution in [0.15, 0.2) is 29.2 Å². The van der Waals surface area contributed by atoms with Gasteiger partial charge in [0, 0.05) is 39.6 Å². The molecule has 0 amide bonds. The van der Waals surface area contributed by atoms with Crippen molar-refractivity contribution in [3.63, 3.8) is 0 Å². The third-order valence-electron chi connectivity index (χ3n) is 3.93. The van der Waals surface area contributed by atoms with Crippen molar-refractivity contribution < 1.29 is 17.6 Å². The maximum atomic E-state index is 13.2. The zero-order valence-electron chi connectivity index (χ0n) is 14.0. The Hall–Kier alpha value is -1.44. The largest absolute Gasteiger partial charge is 0.465 e. The standard InChI is InChI=1S/C16H25N2O4S/c1-14-4-6-16(7-5-14)23(20,21-3)18-10-8-17(9-11-18)12-13-22-15(2)19/h4-7H,8-13H2,1-3H3/q+1. The Morgan fingerprint density at radius 3 is 2.35 bits per heavy atom. The van der Waals surface area contributed by atoms with Gasteiger partial charge in [-0.05, 0) is 19.1 Å². The molecule has 1 aromatic rings. The van der Waals surface area contributed by atoms with E-state index in [1.807, 2.05) is 35.5 Å². The van der Waals surface area contributed by atoms with Crippen molar-refractivity contribution in [3.8, 4) is 0 Å². The molecule has 0 aromatic heterocycles. The monoisotopic (exact) mass is 341 g/mol. The number of carbonyl (C=O) groups is 1. The number of esters is 1. The van der Waals surface area contributed by atoms with Gasteiger partial charge in [0.25, 0.3) is 7.11 Å². The molecule has 128 valence electrons. The van der Waals surface area contributed by atoms with Crippen LogP contribution in [0.2, 0.25) is 0 Å². The SMILES string of the molecule is C[O+]=S(=O)(c1ccc(C)cc1)N1CCN(CCOC(C)=O)CC1. The zero-order valence-corrected chi connectivity index (χ0v) is 14.8. The Labute approximate surface area is 138 Å². The number of ether oxygens (including phenoxy) is 1. The van der Waals surface area contributed by atoms with Gasteiger partial charge in [-0.15, -0.1) is 0 Å². The van der Waals surface area contributed by atoms with Crippen LogP contribution in [0, 0.1) is 6.92 Å². The lowest BCUT2D eigenvalue weighted by Gasteiger charge is -2.32. The molecule has 1 fully saturated rings. The first-order valence-corrected chi connectivity index (χ1v) is 9.17. The number of nitrogens with zero attached hydrogens (tertiary/aromatic N) is 2. The van der Waals surface area contributed by atoms with Gasteiger partial charge < -0.3 is 4.74 Å². The van der Waals surface area contributed by atoms with Crippen molar-refractivity contribution >= 4 is 16.0 Å². The maximum Gasteiger partial charge on any atom is 0.378 e. The second-order valence-corrected chi connectivity index (χ2v) is 7.84. The maximum absolute atomic E-state index is 13.2. The molecule has 2 rings (SSSR count). The Balaban J connectivity index is 1.98. The van der Waals surface area contributed by atoms with E-state index in [9.17, 15) is 9.00 Å². The highest BCUT2D eigenvalue weighted by Gasteiger charge is 2.34. The first-order valence-electron chi connectivity index (χ1n) is 7.73. The number of aryl methyl sites for hydroxylation is 1. The second kappa shape index (κ2) is 7.90. The van der Waals surface area contributed by atoms with E-state index >= 15 is 0 Å². The van der Waals surface area contributed by atoms with Gasteiger partial charge in [0.05, 0.1) is 0 Å². The topological polar surface area (TPSA) is 61.1 Å². The Morgan fingerprint density at radius 2 is 1.83 bits per heavy atom. The summed E-state index contributed by atoms with van der Waals surface area (Å²) in [6, 6.07) is 7.63. The van der Waals surface area contributed by atoms with E-state index in [1.54, 1.807) is 0 Å². The lowest BCUT2D eigenvalue weighted by molar-refractivity contribution is -0.141. The van der Waals surface area contributed by atoms with Crippen molar-refractivity contribution in [2.45, 2.75) is 18.7 Å². The predicted octanol–water partition coefficient (Wildman–Crippen LogP) is 1.25. The van der Waals surface area contributed by atoms with E-state index < -0.39 is 10.0 Å². The van der Waals surface area contributed by atoms with Gasteiger partial charge in [0.15, 0.2) is 0 Å². The van der Waals surface area contributed by atoms with E-state index in [0.29, 0.717) is 31.1 Å². The Bertz CT molecular complexity index is 643. The zero-order chi connectivity index (χ0) is 16.9. The highest BCUT2D eigenvalue weighted by molar-refractivity contribution is 7.89. The molecule has 0 spiro atoms. The van der Waals surface area contributed by atoms with Gasteiger partial charge in [-0.3, -0.25) is 9.69 Å². The summed E-state index contributed by atoms with van der Waals surface area (Å²) in [5, 5.41) is 0. The van der Waals surface area contributed by atoms with E-state index in [2.05, 4.69) is 4.90 Å². The molecule has 1 atom stereocenters. The molecule has 6 nitrogen and oxygen atoms in total. The summed E-state index contributed by atoms with van der Waals surface area (Å²) in [6.07, 6.45) is 0. The predicted molar refractivity (Wildman–Crippen MR) is 88.8 cm³/mol. The average molecular weight is 341 g/mol. The third-order valence-corrected chi connectivity index (χ3v) is 6.29. The molecular formula is C16H25N2O4S+.